The van der Waals surface area contributed by atoms with Crippen LogP contribution in [-0.4, -0.2) is 42.0 Å². The molecule has 0 amide bonds. The number of para-hydroxylation sites is 2. The van der Waals surface area contributed by atoms with Crippen LogP contribution in [0.15, 0.2) is 60.9 Å². The van der Waals surface area contributed by atoms with Gasteiger partial charge in [0.25, 0.3) is 0 Å². The third-order valence-corrected chi connectivity index (χ3v) is 5.29. The molecule has 0 fully saturated rings. The third kappa shape index (κ3) is 4.69. The molecule has 4 aromatic rings. The number of aryl methyl sites for hydroxylation is 2. The van der Waals surface area contributed by atoms with Crippen LogP contribution in [0.25, 0.3) is 21.8 Å². The molecule has 0 unspecified atom stereocenters. The Kier molecular flexibility index (Phi) is 7.59. The molecule has 0 aliphatic heterocycles. The van der Waals surface area contributed by atoms with E-state index in [1.54, 1.807) is 0 Å². The minimum Gasteiger partial charge on any atom is 0 e. The number of hydrogen-bond donors (Lipinski definition) is 0. The van der Waals surface area contributed by atoms with Gasteiger partial charge < -0.3 is 0 Å². The maximum absolute atomic E-state index is 4.31. The van der Waals surface area contributed by atoms with Gasteiger partial charge in [-0.25, -0.2) is 0 Å². The summed E-state index contributed by atoms with van der Waals surface area (Å²) in [4.78, 5) is 8.62. The molecule has 0 spiro atoms. The first-order chi connectivity index (χ1) is 11.6. The molecule has 0 saturated heterocycles. The van der Waals surface area contributed by atoms with E-state index in [2.05, 4.69) is 68.0 Å². The van der Waals surface area contributed by atoms with Crippen molar-refractivity contribution in [3.8, 4) is 0 Å². The van der Waals surface area contributed by atoms with E-state index in [9.17, 15) is 0 Å². The summed E-state index contributed by atoms with van der Waals surface area (Å²) in [6, 6.07) is 16.4. The molecule has 120 valence electrons. The number of aromatic nitrogens is 2. The van der Waals surface area contributed by atoms with E-state index >= 15 is 0 Å². The van der Waals surface area contributed by atoms with Crippen LogP contribution in [0.2, 0.25) is 0 Å². The van der Waals surface area contributed by atoms with E-state index < -0.39 is 0 Å². The van der Waals surface area contributed by atoms with Gasteiger partial charge in [0.05, 0.1) is 0 Å². The Morgan fingerprint density at radius 2 is 1.04 bits per heavy atom. The van der Waals surface area contributed by atoms with Crippen LogP contribution in [0.3, 0.4) is 0 Å². The van der Waals surface area contributed by atoms with E-state index in [-0.39, 0.29) is 27.3 Å². The van der Waals surface area contributed by atoms with Crippen molar-refractivity contribution >= 4 is 62.8 Å². The second kappa shape index (κ2) is 9.24. The normalized spacial score (nSPS) is 10.0. The first-order valence-corrected chi connectivity index (χ1v) is 9.32. The molecule has 25 heavy (non-hydrogen) atoms. The van der Waals surface area contributed by atoms with Crippen LogP contribution in [0.1, 0.15) is 11.1 Å². The van der Waals surface area contributed by atoms with Crippen molar-refractivity contribution in [2.24, 2.45) is 0 Å². The Morgan fingerprint density at radius 3 is 1.40 bits per heavy atom. The monoisotopic (exact) mass is 558 g/mol. The van der Waals surface area contributed by atoms with Crippen molar-refractivity contribution in [3.63, 3.8) is 0 Å². The van der Waals surface area contributed by atoms with E-state index in [0.717, 1.165) is 20.0 Å². The molecule has 2 aromatic heterocycles. The smallest absolute Gasteiger partial charge is 0 e. The molecular weight excluding hydrogens is 539 g/mol. The van der Waals surface area contributed by atoms with E-state index in [1.165, 1.54) is 21.9 Å². The first-order valence-electron chi connectivity index (χ1n) is 7.60. The molecule has 0 N–H and O–H groups in total. The molecule has 5 heteroatoms. The Balaban J connectivity index is 0.000000173. The van der Waals surface area contributed by atoms with Gasteiger partial charge in [-0.3, -0.25) is 0 Å². The molecule has 0 atom stereocenters. The predicted molar refractivity (Wildman–Crippen MR) is 104 cm³/mol. The SMILES string of the molecule is Cc1ccnc2c([Se])cccc12.Cc1ccnc2c([Se])cccc12.[Cd]. The largest absolute Gasteiger partial charge is 0 e. The van der Waals surface area contributed by atoms with Crippen molar-refractivity contribution in [2.75, 3.05) is 0 Å². The topological polar surface area (TPSA) is 25.8 Å². The summed E-state index contributed by atoms with van der Waals surface area (Å²) in [5, 5.41) is 2.46. The second-order valence-electron chi connectivity index (χ2n) is 5.56. The maximum atomic E-state index is 4.31. The quantitative estimate of drug-likeness (QED) is 0.313. The van der Waals surface area contributed by atoms with Crippen molar-refractivity contribution in [1.82, 2.24) is 9.97 Å². The average Bonchev–Trinajstić information content (AvgIpc) is 2.58. The predicted octanol–water partition coefficient (Wildman–Crippen LogP) is 2.67. The van der Waals surface area contributed by atoms with Crippen molar-refractivity contribution < 1.29 is 27.3 Å². The summed E-state index contributed by atoms with van der Waals surface area (Å²) < 4.78 is 2.24. The maximum Gasteiger partial charge on any atom is 0 e. The van der Waals surface area contributed by atoms with Gasteiger partial charge >= 0.3 is 159 Å². The minimum atomic E-state index is 0. The Hall–Kier alpha value is -0.779. The number of fused-ring (bicyclic) bond motifs is 2. The standard InChI is InChI=1S/2C10H8NSe.Cd/c2*1-7-5-6-11-10-8(7)3-2-4-9(10)12;/h2*2-6H,1H3;. The summed E-state index contributed by atoms with van der Waals surface area (Å²) in [6.07, 6.45) is 3.69. The fourth-order valence-electron chi connectivity index (χ4n) is 2.57. The molecule has 2 radical (unpaired) electrons. The number of pyridine rings is 2. The van der Waals surface area contributed by atoms with Crippen molar-refractivity contribution in [2.45, 2.75) is 13.8 Å². The zero-order valence-corrected chi connectivity index (χ0v) is 21.7. The van der Waals surface area contributed by atoms with Crippen LogP contribution < -0.4 is 8.92 Å². The van der Waals surface area contributed by atoms with Gasteiger partial charge in [-0.05, 0) is 0 Å². The molecule has 2 heterocycles. The van der Waals surface area contributed by atoms with Gasteiger partial charge in [-0.1, -0.05) is 0 Å². The van der Waals surface area contributed by atoms with E-state index in [4.69, 9.17) is 0 Å². The summed E-state index contributed by atoms with van der Waals surface area (Å²) in [6.45, 7) is 4.20. The summed E-state index contributed by atoms with van der Waals surface area (Å²) in [7, 11) is 0. The van der Waals surface area contributed by atoms with Gasteiger partial charge in [-0.15, -0.1) is 0 Å². The molecular formula is C20H16CdN2Se2. The fourth-order valence-corrected chi connectivity index (χ4v) is 3.59. The molecule has 4 rings (SSSR count). The fraction of sp³-hybridized carbons (Fsp3) is 0.100. The van der Waals surface area contributed by atoms with Crippen molar-refractivity contribution in [1.29, 1.82) is 0 Å². The van der Waals surface area contributed by atoms with E-state index in [1.807, 2.05) is 48.8 Å². The minimum absolute atomic E-state index is 0. The third-order valence-electron chi connectivity index (χ3n) is 3.90. The molecule has 0 aliphatic rings. The number of rotatable bonds is 0. The molecule has 0 bridgehead atoms. The molecule has 2 nitrogen and oxygen atoms in total. The number of nitrogens with zero attached hydrogens (tertiary/aromatic N) is 2. The van der Waals surface area contributed by atoms with Gasteiger partial charge in [0.1, 0.15) is 0 Å². The van der Waals surface area contributed by atoms with Gasteiger partial charge in [-0.2, -0.15) is 0 Å². The average molecular weight is 555 g/mol. The summed E-state index contributed by atoms with van der Waals surface area (Å²) >= 11 is 6.02. The first kappa shape index (κ1) is 20.5. The second-order valence-corrected chi connectivity index (χ2v) is 7.41. The number of benzene rings is 2. The van der Waals surface area contributed by atoms with Gasteiger partial charge in [0, 0.05) is 27.3 Å². The molecule has 2 aromatic carbocycles. The number of hydrogen-bond acceptors (Lipinski definition) is 2. The zero-order chi connectivity index (χ0) is 17.1. The van der Waals surface area contributed by atoms with Crippen LogP contribution in [-0.2, 0) is 27.3 Å². The molecule has 0 aliphatic carbocycles. The van der Waals surface area contributed by atoms with Crippen LogP contribution in [0, 0.1) is 13.8 Å². The Labute approximate surface area is 184 Å². The van der Waals surface area contributed by atoms with E-state index in [0.29, 0.717) is 0 Å². The van der Waals surface area contributed by atoms with Crippen LogP contribution in [0.4, 0.5) is 0 Å². The van der Waals surface area contributed by atoms with Gasteiger partial charge in [0.15, 0.2) is 0 Å². The van der Waals surface area contributed by atoms with Crippen LogP contribution >= 0.6 is 0 Å². The van der Waals surface area contributed by atoms with Crippen molar-refractivity contribution in [3.05, 3.63) is 72.1 Å². The summed E-state index contributed by atoms with van der Waals surface area (Å²) in [5.41, 5.74) is 4.68. The van der Waals surface area contributed by atoms with Crippen LogP contribution in [0.5, 0.6) is 0 Å². The Bertz CT molecular complexity index is 853. The molecule has 0 saturated carbocycles. The summed E-state index contributed by atoms with van der Waals surface area (Å²) in [5.74, 6) is 0. The Morgan fingerprint density at radius 1 is 0.640 bits per heavy atom. The zero-order valence-electron chi connectivity index (χ0n) is 14.2. The van der Waals surface area contributed by atoms with Gasteiger partial charge in [0.2, 0.25) is 0 Å².